The molecule has 0 unspecified atom stereocenters. The Kier molecular flexibility index (Phi) is 4.71. The van der Waals surface area contributed by atoms with Crippen molar-refractivity contribution in [3.05, 3.63) is 18.2 Å². The number of piperazine rings is 1. The molecule has 1 aliphatic heterocycles. The van der Waals surface area contributed by atoms with Crippen LogP contribution in [-0.4, -0.2) is 51.1 Å². The van der Waals surface area contributed by atoms with Crippen molar-refractivity contribution in [2.75, 3.05) is 50.6 Å². The largest absolute Gasteiger partial charge is 0.495 e. The highest BCUT2D eigenvalue weighted by Crippen LogP contribution is 2.29. The van der Waals surface area contributed by atoms with Gasteiger partial charge in [0.05, 0.1) is 12.8 Å². The molecule has 0 spiro atoms. The second-order valence-electron chi connectivity index (χ2n) is 4.86. The van der Waals surface area contributed by atoms with Gasteiger partial charge in [0, 0.05) is 51.4 Å². The third kappa shape index (κ3) is 2.98. The third-order valence-corrected chi connectivity index (χ3v) is 3.75. The Morgan fingerprint density at radius 1 is 1.30 bits per heavy atom. The number of hydrogen-bond acceptors (Lipinski definition) is 4. The van der Waals surface area contributed by atoms with E-state index in [1.807, 2.05) is 31.0 Å². The van der Waals surface area contributed by atoms with Crippen LogP contribution in [-0.2, 0) is 4.79 Å². The monoisotopic (exact) mass is 277 g/mol. The van der Waals surface area contributed by atoms with Gasteiger partial charge in [-0.05, 0) is 12.1 Å². The molecule has 0 aromatic heterocycles. The second kappa shape index (κ2) is 6.50. The molecule has 110 valence electrons. The average molecular weight is 277 g/mol. The molecule has 20 heavy (non-hydrogen) atoms. The van der Waals surface area contributed by atoms with Gasteiger partial charge in [-0.1, -0.05) is 6.92 Å². The van der Waals surface area contributed by atoms with Crippen LogP contribution in [0.5, 0.6) is 5.75 Å². The van der Waals surface area contributed by atoms with E-state index in [-0.39, 0.29) is 5.91 Å². The highest BCUT2D eigenvalue weighted by atomic mass is 16.5. The normalized spacial score (nSPS) is 15.2. The number of benzene rings is 1. The van der Waals surface area contributed by atoms with E-state index in [9.17, 15) is 4.79 Å². The Bertz CT molecular complexity index is 468. The van der Waals surface area contributed by atoms with Crippen molar-refractivity contribution in [1.82, 2.24) is 4.90 Å². The van der Waals surface area contributed by atoms with E-state index in [1.54, 1.807) is 7.11 Å². The number of nitrogens with one attached hydrogen (secondary N) is 1. The molecular weight excluding hydrogens is 254 g/mol. The number of anilines is 2. The molecule has 5 heteroatoms. The minimum absolute atomic E-state index is 0.243. The smallest absolute Gasteiger partial charge is 0.222 e. The van der Waals surface area contributed by atoms with Crippen LogP contribution in [0.1, 0.15) is 13.3 Å². The fourth-order valence-electron chi connectivity index (χ4n) is 2.52. The number of rotatable bonds is 4. The number of nitrogens with zero attached hydrogens (tertiary/aromatic N) is 2. The molecule has 1 N–H and O–H groups in total. The first-order valence-corrected chi connectivity index (χ1v) is 7.08. The Morgan fingerprint density at radius 3 is 2.55 bits per heavy atom. The van der Waals surface area contributed by atoms with E-state index < -0.39 is 0 Å². The van der Waals surface area contributed by atoms with E-state index >= 15 is 0 Å². The minimum atomic E-state index is 0.243. The lowest BCUT2D eigenvalue weighted by Gasteiger charge is -2.36. The first-order valence-electron chi connectivity index (χ1n) is 7.08. The summed E-state index contributed by atoms with van der Waals surface area (Å²) in [5.41, 5.74) is 2.13. The van der Waals surface area contributed by atoms with Gasteiger partial charge in [0.25, 0.3) is 0 Å². The summed E-state index contributed by atoms with van der Waals surface area (Å²) < 4.78 is 5.39. The number of carbonyl (C=O) groups is 1. The zero-order valence-corrected chi connectivity index (χ0v) is 12.5. The van der Waals surface area contributed by atoms with Gasteiger partial charge in [-0.15, -0.1) is 0 Å². The van der Waals surface area contributed by atoms with Gasteiger partial charge >= 0.3 is 0 Å². The molecule has 1 heterocycles. The quantitative estimate of drug-likeness (QED) is 0.911. The van der Waals surface area contributed by atoms with Crippen molar-refractivity contribution in [3.63, 3.8) is 0 Å². The summed E-state index contributed by atoms with van der Waals surface area (Å²) in [5.74, 6) is 1.09. The summed E-state index contributed by atoms with van der Waals surface area (Å²) in [5, 5.41) is 3.11. The highest BCUT2D eigenvalue weighted by Gasteiger charge is 2.20. The number of amides is 1. The van der Waals surface area contributed by atoms with E-state index in [0.717, 1.165) is 43.3 Å². The number of methoxy groups -OCH3 is 1. The first-order chi connectivity index (χ1) is 9.69. The van der Waals surface area contributed by atoms with Crippen LogP contribution in [0.15, 0.2) is 18.2 Å². The SMILES string of the molecule is CCC(=O)N1CCN(c2ccc(NC)c(OC)c2)CC1. The maximum atomic E-state index is 11.7. The van der Waals surface area contributed by atoms with E-state index in [1.165, 1.54) is 0 Å². The van der Waals surface area contributed by atoms with E-state index in [0.29, 0.717) is 6.42 Å². The molecule has 5 nitrogen and oxygen atoms in total. The summed E-state index contributed by atoms with van der Waals surface area (Å²) in [4.78, 5) is 15.9. The fourth-order valence-corrected chi connectivity index (χ4v) is 2.52. The summed E-state index contributed by atoms with van der Waals surface area (Å²) in [6.07, 6.45) is 0.588. The van der Waals surface area contributed by atoms with Gasteiger partial charge < -0.3 is 19.9 Å². The molecule has 1 saturated heterocycles. The van der Waals surface area contributed by atoms with Gasteiger partial charge in [-0.3, -0.25) is 4.79 Å². The molecule has 0 saturated carbocycles. The summed E-state index contributed by atoms with van der Waals surface area (Å²) in [6.45, 7) is 5.24. The Hall–Kier alpha value is -1.91. The zero-order chi connectivity index (χ0) is 14.5. The van der Waals surface area contributed by atoms with Crippen LogP contribution in [0.2, 0.25) is 0 Å². The lowest BCUT2D eigenvalue weighted by Crippen LogP contribution is -2.48. The molecule has 2 rings (SSSR count). The number of hydrogen-bond donors (Lipinski definition) is 1. The van der Waals surface area contributed by atoms with E-state index in [4.69, 9.17) is 4.74 Å². The maximum Gasteiger partial charge on any atom is 0.222 e. The molecule has 0 atom stereocenters. The summed E-state index contributed by atoms with van der Waals surface area (Å²) in [7, 11) is 3.56. The van der Waals surface area contributed by atoms with E-state index in [2.05, 4.69) is 16.3 Å². The van der Waals surface area contributed by atoms with Crippen LogP contribution >= 0.6 is 0 Å². The topological polar surface area (TPSA) is 44.8 Å². The summed E-state index contributed by atoms with van der Waals surface area (Å²) in [6, 6.07) is 6.16. The van der Waals surface area contributed by atoms with Gasteiger partial charge in [0.1, 0.15) is 5.75 Å². The van der Waals surface area contributed by atoms with Gasteiger partial charge in [-0.25, -0.2) is 0 Å². The Labute approximate surface area is 120 Å². The van der Waals surface area contributed by atoms with Crippen LogP contribution in [0.25, 0.3) is 0 Å². The lowest BCUT2D eigenvalue weighted by atomic mass is 10.2. The van der Waals surface area contributed by atoms with Crippen molar-refractivity contribution >= 4 is 17.3 Å². The minimum Gasteiger partial charge on any atom is -0.495 e. The van der Waals surface area contributed by atoms with Gasteiger partial charge in [0.2, 0.25) is 5.91 Å². The van der Waals surface area contributed by atoms with Crippen LogP contribution in [0, 0.1) is 0 Å². The van der Waals surface area contributed by atoms with Crippen LogP contribution < -0.4 is 15.0 Å². The Morgan fingerprint density at radius 2 is 2.00 bits per heavy atom. The first kappa shape index (κ1) is 14.5. The maximum absolute atomic E-state index is 11.7. The average Bonchev–Trinajstić information content (AvgIpc) is 2.53. The van der Waals surface area contributed by atoms with Gasteiger partial charge in [-0.2, -0.15) is 0 Å². The molecule has 0 bridgehead atoms. The van der Waals surface area contributed by atoms with Crippen molar-refractivity contribution in [3.8, 4) is 5.75 Å². The second-order valence-corrected chi connectivity index (χ2v) is 4.86. The molecule has 1 fully saturated rings. The van der Waals surface area contributed by atoms with Crippen molar-refractivity contribution in [2.45, 2.75) is 13.3 Å². The van der Waals surface area contributed by atoms with Crippen LogP contribution in [0.4, 0.5) is 11.4 Å². The lowest BCUT2D eigenvalue weighted by molar-refractivity contribution is -0.131. The standard InChI is InChI=1S/C15H23N3O2/c1-4-15(19)18-9-7-17(8-10-18)12-5-6-13(16-2)14(11-12)20-3/h5-6,11,16H,4,7-10H2,1-3H3. The molecule has 1 amide bonds. The number of ether oxygens (including phenoxy) is 1. The number of carbonyl (C=O) groups excluding carboxylic acids is 1. The zero-order valence-electron chi connectivity index (χ0n) is 12.5. The molecule has 1 aliphatic rings. The Balaban J connectivity index is 2.05. The van der Waals surface area contributed by atoms with Crippen molar-refractivity contribution in [2.24, 2.45) is 0 Å². The molecule has 0 radical (unpaired) electrons. The fraction of sp³-hybridized carbons (Fsp3) is 0.533. The third-order valence-electron chi connectivity index (χ3n) is 3.75. The van der Waals surface area contributed by atoms with Gasteiger partial charge in [0.15, 0.2) is 0 Å². The summed E-state index contributed by atoms with van der Waals surface area (Å²) >= 11 is 0. The predicted molar refractivity (Wildman–Crippen MR) is 81.6 cm³/mol. The van der Waals surface area contributed by atoms with Crippen LogP contribution in [0.3, 0.4) is 0 Å². The van der Waals surface area contributed by atoms with Crippen molar-refractivity contribution in [1.29, 1.82) is 0 Å². The molecule has 0 aliphatic carbocycles. The molecular formula is C15H23N3O2. The molecule has 1 aromatic carbocycles. The molecule has 1 aromatic rings. The highest BCUT2D eigenvalue weighted by molar-refractivity contribution is 5.76. The predicted octanol–water partition coefficient (Wildman–Crippen LogP) is 1.80. The van der Waals surface area contributed by atoms with Crippen molar-refractivity contribution < 1.29 is 9.53 Å².